The fourth-order valence-corrected chi connectivity index (χ4v) is 4.58. The first-order valence-corrected chi connectivity index (χ1v) is 11.0. The molecule has 0 aliphatic heterocycles. The van der Waals surface area contributed by atoms with Gasteiger partial charge >= 0.3 is 0 Å². The van der Waals surface area contributed by atoms with Crippen molar-refractivity contribution >= 4 is 40.6 Å². The number of carbonyl (C=O) groups is 2. The Hall–Kier alpha value is -2.57. The van der Waals surface area contributed by atoms with E-state index in [9.17, 15) is 9.59 Å². The summed E-state index contributed by atoms with van der Waals surface area (Å²) in [7, 11) is 0. The summed E-state index contributed by atoms with van der Waals surface area (Å²) in [5, 5.41) is 7.95. The molecule has 0 bridgehead atoms. The topological polar surface area (TPSA) is 58.2 Å². The zero-order valence-corrected chi connectivity index (χ0v) is 16.8. The second kappa shape index (κ2) is 8.63. The summed E-state index contributed by atoms with van der Waals surface area (Å²) in [6.07, 6.45) is 2.09. The summed E-state index contributed by atoms with van der Waals surface area (Å²) >= 11 is 3.36. The Balaban J connectivity index is 1.45. The van der Waals surface area contributed by atoms with Gasteiger partial charge in [0.05, 0.1) is 5.56 Å². The highest BCUT2D eigenvalue weighted by Crippen LogP contribution is 2.28. The predicted octanol–water partition coefficient (Wildman–Crippen LogP) is 5.18. The van der Waals surface area contributed by atoms with Crippen LogP contribution in [0.4, 0.5) is 5.69 Å². The van der Waals surface area contributed by atoms with E-state index in [1.165, 1.54) is 4.88 Å². The summed E-state index contributed by atoms with van der Waals surface area (Å²) in [6, 6.07) is 19.1. The lowest BCUT2D eigenvalue weighted by atomic mass is 10.1. The molecule has 142 valence electrons. The number of thioether (sulfide) groups is 1. The van der Waals surface area contributed by atoms with Gasteiger partial charge in [-0.3, -0.25) is 9.59 Å². The first-order valence-electron chi connectivity index (χ1n) is 9.15. The zero-order chi connectivity index (χ0) is 19.3. The van der Waals surface area contributed by atoms with Crippen LogP contribution in [0.25, 0.3) is 0 Å². The van der Waals surface area contributed by atoms with Crippen molar-refractivity contribution in [3.8, 4) is 0 Å². The number of thiophene rings is 1. The van der Waals surface area contributed by atoms with Gasteiger partial charge in [-0.2, -0.15) is 0 Å². The number of carbonyl (C=O) groups excluding carboxylic acids is 2. The van der Waals surface area contributed by atoms with Crippen molar-refractivity contribution in [2.75, 3.05) is 5.32 Å². The average Bonchev–Trinajstić information content (AvgIpc) is 3.37. The minimum atomic E-state index is -0.172. The lowest BCUT2D eigenvalue weighted by Crippen LogP contribution is -2.25. The number of rotatable bonds is 7. The van der Waals surface area contributed by atoms with Crippen molar-refractivity contribution < 1.29 is 9.59 Å². The molecule has 0 spiro atoms. The molecule has 0 radical (unpaired) electrons. The van der Waals surface area contributed by atoms with Crippen LogP contribution in [0.2, 0.25) is 0 Å². The van der Waals surface area contributed by atoms with Gasteiger partial charge in [0.2, 0.25) is 0 Å². The lowest BCUT2D eigenvalue weighted by Gasteiger charge is -2.11. The van der Waals surface area contributed by atoms with Gasteiger partial charge in [0.15, 0.2) is 0 Å². The second-order valence-electron chi connectivity index (χ2n) is 6.65. The van der Waals surface area contributed by atoms with Crippen LogP contribution in [0.1, 0.15) is 38.4 Å². The van der Waals surface area contributed by atoms with Gasteiger partial charge in [-0.05, 0) is 54.6 Å². The van der Waals surface area contributed by atoms with Crippen molar-refractivity contribution in [2.45, 2.75) is 29.5 Å². The first-order chi connectivity index (χ1) is 13.7. The molecule has 1 aliphatic carbocycles. The van der Waals surface area contributed by atoms with Crippen molar-refractivity contribution in [1.29, 1.82) is 0 Å². The molecule has 1 aromatic heterocycles. The molecule has 1 aliphatic rings. The van der Waals surface area contributed by atoms with Crippen LogP contribution in [-0.4, -0.2) is 17.9 Å². The van der Waals surface area contributed by atoms with E-state index in [0.29, 0.717) is 22.9 Å². The maximum atomic E-state index is 12.8. The summed E-state index contributed by atoms with van der Waals surface area (Å²) < 4.78 is 0. The van der Waals surface area contributed by atoms with E-state index in [1.807, 2.05) is 30.3 Å². The second-order valence-corrected chi connectivity index (χ2v) is 8.70. The van der Waals surface area contributed by atoms with Gasteiger partial charge in [0.1, 0.15) is 0 Å². The molecule has 1 fully saturated rings. The molecular formula is C22H20N2O2S2. The molecule has 0 atom stereocenters. The summed E-state index contributed by atoms with van der Waals surface area (Å²) in [4.78, 5) is 27.3. The minimum Gasteiger partial charge on any atom is -0.349 e. The Morgan fingerprint density at radius 3 is 2.64 bits per heavy atom. The molecule has 0 unspecified atom stereocenters. The highest BCUT2D eigenvalue weighted by Gasteiger charge is 2.23. The number of benzene rings is 2. The number of hydrogen-bond acceptors (Lipinski definition) is 4. The van der Waals surface area contributed by atoms with Crippen molar-refractivity contribution in [3.63, 3.8) is 0 Å². The Morgan fingerprint density at radius 2 is 1.86 bits per heavy atom. The molecule has 2 amide bonds. The smallest absolute Gasteiger partial charge is 0.256 e. The molecule has 28 heavy (non-hydrogen) atoms. The maximum absolute atomic E-state index is 12.8. The van der Waals surface area contributed by atoms with Gasteiger partial charge in [0.25, 0.3) is 11.8 Å². The number of hydrogen-bond donors (Lipinski definition) is 2. The molecule has 1 heterocycles. The number of nitrogens with one attached hydrogen (secondary N) is 2. The molecule has 2 aromatic carbocycles. The fraction of sp³-hybridized carbons (Fsp3) is 0.182. The van der Waals surface area contributed by atoms with Crippen LogP contribution in [-0.2, 0) is 5.75 Å². The normalized spacial score (nSPS) is 13.1. The van der Waals surface area contributed by atoms with E-state index in [-0.39, 0.29) is 11.8 Å². The van der Waals surface area contributed by atoms with E-state index in [1.54, 1.807) is 47.4 Å². The molecular weight excluding hydrogens is 388 g/mol. The van der Waals surface area contributed by atoms with E-state index in [2.05, 4.69) is 22.1 Å². The van der Waals surface area contributed by atoms with Gasteiger partial charge in [0, 0.05) is 32.8 Å². The quantitative estimate of drug-likeness (QED) is 0.529. The monoisotopic (exact) mass is 408 g/mol. The molecule has 0 saturated heterocycles. The number of anilines is 1. The van der Waals surface area contributed by atoms with E-state index in [0.717, 1.165) is 23.5 Å². The molecule has 4 nitrogen and oxygen atoms in total. The van der Waals surface area contributed by atoms with Crippen molar-refractivity contribution in [1.82, 2.24) is 5.32 Å². The lowest BCUT2D eigenvalue weighted by molar-refractivity contribution is 0.0949. The third-order valence-corrected chi connectivity index (χ3v) is 6.56. The van der Waals surface area contributed by atoms with Crippen LogP contribution in [0.15, 0.2) is 70.9 Å². The minimum absolute atomic E-state index is 0.0921. The summed E-state index contributed by atoms with van der Waals surface area (Å²) in [5.41, 5.74) is 1.81. The standard InChI is InChI=1S/C22H20N2O2S2/c25-21(23-16-10-11-16)15-5-3-6-17(13-15)24-22(26)19-8-1-2-9-20(19)28-14-18-7-4-12-27-18/h1-9,12-13,16H,10-11,14H2,(H,23,25)(H,24,26). The summed E-state index contributed by atoms with van der Waals surface area (Å²) in [5.74, 6) is 0.568. The highest BCUT2D eigenvalue weighted by atomic mass is 32.2. The Labute approximate surface area is 172 Å². The summed E-state index contributed by atoms with van der Waals surface area (Å²) in [6.45, 7) is 0. The third-order valence-electron chi connectivity index (χ3n) is 4.38. The highest BCUT2D eigenvalue weighted by molar-refractivity contribution is 7.98. The van der Waals surface area contributed by atoms with Crippen LogP contribution in [0, 0.1) is 0 Å². The SMILES string of the molecule is O=C(NC1CC1)c1cccc(NC(=O)c2ccccc2SCc2cccs2)c1. The van der Waals surface area contributed by atoms with Crippen LogP contribution < -0.4 is 10.6 Å². The Bertz CT molecular complexity index is 982. The van der Waals surface area contributed by atoms with Crippen LogP contribution >= 0.6 is 23.1 Å². The molecule has 3 aromatic rings. The Morgan fingerprint density at radius 1 is 1.00 bits per heavy atom. The predicted molar refractivity (Wildman–Crippen MR) is 115 cm³/mol. The first kappa shape index (κ1) is 18.8. The third kappa shape index (κ3) is 4.82. The fourth-order valence-electron chi connectivity index (χ4n) is 2.76. The zero-order valence-electron chi connectivity index (χ0n) is 15.2. The largest absolute Gasteiger partial charge is 0.349 e. The maximum Gasteiger partial charge on any atom is 0.256 e. The number of amides is 2. The van der Waals surface area contributed by atoms with Crippen LogP contribution in [0.3, 0.4) is 0 Å². The van der Waals surface area contributed by atoms with Crippen molar-refractivity contribution in [2.24, 2.45) is 0 Å². The molecule has 1 saturated carbocycles. The van der Waals surface area contributed by atoms with Crippen LogP contribution in [0.5, 0.6) is 0 Å². The Kier molecular flexibility index (Phi) is 5.78. The van der Waals surface area contributed by atoms with E-state index in [4.69, 9.17) is 0 Å². The molecule has 4 rings (SSSR count). The van der Waals surface area contributed by atoms with Gasteiger partial charge in [-0.1, -0.05) is 24.3 Å². The van der Waals surface area contributed by atoms with Gasteiger partial charge in [-0.15, -0.1) is 23.1 Å². The molecule has 2 N–H and O–H groups in total. The van der Waals surface area contributed by atoms with Gasteiger partial charge < -0.3 is 10.6 Å². The van der Waals surface area contributed by atoms with Crippen molar-refractivity contribution in [3.05, 3.63) is 82.0 Å². The van der Waals surface area contributed by atoms with E-state index >= 15 is 0 Å². The average molecular weight is 409 g/mol. The van der Waals surface area contributed by atoms with Gasteiger partial charge in [-0.25, -0.2) is 0 Å². The van der Waals surface area contributed by atoms with E-state index < -0.39 is 0 Å². The molecule has 6 heteroatoms.